The van der Waals surface area contributed by atoms with Crippen LogP contribution in [0, 0.1) is 0 Å². The van der Waals surface area contributed by atoms with E-state index in [0.29, 0.717) is 39.0 Å². The molecule has 0 saturated heterocycles. The third kappa shape index (κ3) is 12.8. The summed E-state index contributed by atoms with van der Waals surface area (Å²) in [5.74, 6) is -0.0890. The third-order valence-corrected chi connectivity index (χ3v) is 20.6. The number of carbonyl (C=O) groups is 5. The van der Waals surface area contributed by atoms with Gasteiger partial charge in [-0.1, -0.05) is 36.4 Å². The molecule has 22 heteroatoms. The quantitative estimate of drug-likeness (QED) is 0.162. The van der Waals surface area contributed by atoms with Crippen LogP contribution in [0.15, 0.2) is 72.8 Å². The molecule has 0 spiro atoms. The fraction of sp³-hybridized carbons (Fsp3) is 0.367. The predicted molar refractivity (Wildman–Crippen MR) is 337 cm³/mol. The van der Waals surface area contributed by atoms with E-state index in [1.807, 2.05) is 103 Å². The zero-order valence-corrected chi connectivity index (χ0v) is 52.6. The standard InChI is InChI=1S/C22H25N3O3S2.C21H23N3O3S2.C17H17N3OS2/c1-13(26)24(5)20-18(19-23-15-8-6-7-9-16(15)29-19)14-10-11-25(12-17(14)30-20)21(27)28-22(2,3)4;1-12(25)22-18-17(19-23-14-7-5-6-8-15(14)28-19)13-9-10-24(11-16(13)29-18)20(26)27-21(2,3)4;1-10(21)20(2)17-15(11-7-8-18-9-14(11)23-17)16-19-12-5-3-4-6-13(12)22-16/h6-9H,10-12H2,1-5H3;5-8H,9-11H2,1-4H3,(H,22,25);3-6,18H,7-9H2,1-2H3. The number of amides is 5. The number of thiazole rings is 3. The molecule has 0 radical (unpaired) electrons. The van der Waals surface area contributed by atoms with Gasteiger partial charge in [-0.3, -0.25) is 14.4 Å². The van der Waals surface area contributed by atoms with Gasteiger partial charge in [-0.05, 0) is 120 Å². The molecule has 2 N–H and O–H groups in total. The topological polar surface area (TPSA) is 179 Å². The number of fused-ring (bicyclic) bond motifs is 6. The lowest BCUT2D eigenvalue weighted by atomic mass is 10.0. The van der Waals surface area contributed by atoms with Crippen molar-refractivity contribution >= 4 is 144 Å². The molecule has 428 valence electrons. The molecule has 0 unspecified atom stereocenters. The number of benzene rings is 3. The Labute approximate surface area is 500 Å². The molecule has 3 aromatic carbocycles. The van der Waals surface area contributed by atoms with Gasteiger partial charge in [0.05, 0.1) is 43.7 Å². The minimum absolute atomic E-state index is 0.0278. The van der Waals surface area contributed by atoms with E-state index in [1.54, 1.807) is 97.2 Å². The molecule has 3 aliphatic rings. The number of nitrogens with one attached hydrogen (secondary N) is 2. The summed E-state index contributed by atoms with van der Waals surface area (Å²) in [6.07, 6.45) is 1.80. The van der Waals surface area contributed by atoms with Crippen molar-refractivity contribution in [1.29, 1.82) is 0 Å². The Morgan fingerprint density at radius 3 is 1.34 bits per heavy atom. The van der Waals surface area contributed by atoms with E-state index < -0.39 is 11.2 Å². The first kappa shape index (κ1) is 58.5. The number of thiophene rings is 3. The number of hydrogen-bond donors (Lipinski definition) is 2. The van der Waals surface area contributed by atoms with Gasteiger partial charge in [0.1, 0.15) is 41.2 Å². The SMILES string of the molecule is CC(=O)N(C)c1sc2c(c1-c1nc3ccccc3s1)CCN(C(=O)OC(C)(C)C)C2.CC(=O)N(C)c1sc2c(c1-c1nc3ccccc3s1)CCNC2.CC(=O)Nc1sc2c(c1-c1nc3ccccc3s1)CCN(C(=O)OC(C)(C)C)C2. The molecular formula is C60H65N9O7S6. The Hall–Kier alpha value is -6.66. The minimum Gasteiger partial charge on any atom is -0.444 e. The average molecular weight is 1220 g/mol. The Morgan fingerprint density at radius 2 is 0.927 bits per heavy atom. The van der Waals surface area contributed by atoms with E-state index in [4.69, 9.17) is 24.4 Å². The van der Waals surface area contributed by atoms with Crippen LogP contribution in [0.3, 0.4) is 0 Å². The highest BCUT2D eigenvalue weighted by molar-refractivity contribution is 7.24. The fourth-order valence-electron chi connectivity index (χ4n) is 9.69. The van der Waals surface area contributed by atoms with Gasteiger partial charge < -0.3 is 39.7 Å². The zero-order valence-electron chi connectivity index (χ0n) is 47.7. The number of nitrogens with zero attached hydrogens (tertiary/aromatic N) is 7. The molecule has 9 heterocycles. The highest BCUT2D eigenvalue weighted by Crippen LogP contribution is 2.49. The Balaban J connectivity index is 0.000000139. The molecule has 5 amide bonds. The van der Waals surface area contributed by atoms with Gasteiger partial charge in [-0.25, -0.2) is 24.5 Å². The van der Waals surface area contributed by atoms with E-state index in [-0.39, 0.29) is 29.9 Å². The second-order valence-corrected chi connectivity index (χ2v) is 28.5. The van der Waals surface area contributed by atoms with E-state index in [1.165, 1.54) is 39.0 Å². The average Bonchev–Trinajstić information content (AvgIpc) is 4.50. The van der Waals surface area contributed by atoms with Crippen molar-refractivity contribution in [3.8, 4) is 31.7 Å². The second-order valence-electron chi connectivity index (χ2n) is 22.1. The molecule has 9 aromatic rings. The van der Waals surface area contributed by atoms with Gasteiger partial charge in [-0.15, -0.1) is 68.0 Å². The monoisotopic (exact) mass is 1220 g/mol. The van der Waals surface area contributed by atoms with Crippen molar-refractivity contribution in [2.24, 2.45) is 0 Å². The van der Waals surface area contributed by atoms with Crippen molar-refractivity contribution in [3.63, 3.8) is 0 Å². The van der Waals surface area contributed by atoms with Crippen LogP contribution in [0.4, 0.5) is 24.6 Å². The van der Waals surface area contributed by atoms with Crippen LogP contribution in [-0.4, -0.2) is 99.6 Å². The first-order chi connectivity index (χ1) is 39.0. The maximum absolute atomic E-state index is 12.6. The number of rotatable bonds is 6. The number of anilines is 3. The summed E-state index contributed by atoms with van der Waals surface area (Å²) in [5.41, 5.74) is 8.76. The first-order valence-electron chi connectivity index (χ1n) is 26.9. The molecule has 0 saturated carbocycles. The van der Waals surface area contributed by atoms with E-state index in [0.717, 1.165) is 107 Å². The van der Waals surface area contributed by atoms with Crippen LogP contribution in [0.25, 0.3) is 62.4 Å². The lowest BCUT2D eigenvalue weighted by Gasteiger charge is -2.30. The van der Waals surface area contributed by atoms with Crippen LogP contribution in [0.1, 0.15) is 93.6 Å². The first-order valence-corrected chi connectivity index (χ1v) is 31.8. The molecule has 0 aliphatic carbocycles. The third-order valence-electron chi connectivity index (χ3n) is 13.7. The Bertz CT molecular complexity index is 3810. The van der Waals surface area contributed by atoms with Gasteiger partial charge in [0.2, 0.25) is 17.7 Å². The van der Waals surface area contributed by atoms with Crippen LogP contribution in [-0.2, 0) is 62.8 Å². The Morgan fingerprint density at radius 1 is 0.537 bits per heavy atom. The summed E-state index contributed by atoms with van der Waals surface area (Å²) in [4.78, 5) is 85.9. The molecule has 16 nitrogen and oxygen atoms in total. The highest BCUT2D eigenvalue weighted by Gasteiger charge is 2.34. The van der Waals surface area contributed by atoms with Crippen molar-refractivity contribution in [3.05, 3.63) is 104 Å². The zero-order chi connectivity index (χ0) is 58.4. The van der Waals surface area contributed by atoms with Gasteiger partial charge >= 0.3 is 12.2 Å². The normalized spacial score (nSPS) is 14.0. The Kier molecular flexibility index (Phi) is 17.1. The largest absolute Gasteiger partial charge is 0.444 e. The lowest BCUT2D eigenvalue weighted by molar-refractivity contribution is -0.117. The number of ether oxygens (including phenoxy) is 2. The number of aromatic nitrogens is 3. The van der Waals surface area contributed by atoms with Gasteiger partial charge in [0.25, 0.3) is 0 Å². The van der Waals surface area contributed by atoms with Crippen molar-refractivity contribution in [2.45, 2.75) is 112 Å². The van der Waals surface area contributed by atoms with Crippen molar-refractivity contribution in [2.75, 3.05) is 48.8 Å². The number of carbonyl (C=O) groups excluding carboxylic acids is 5. The smallest absolute Gasteiger partial charge is 0.410 e. The molecule has 0 bridgehead atoms. The molecular weight excluding hydrogens is 1150 g/mol. The minimum atomic E-state index is -0.529. The summed E-state index contributed by atoms with van der Waals surface area (Å²) >= 11 is 9.77. The molecule has 6 aromatic heterocycles. The van der Waals surface area contributed by atoms with Gasteiger partial charge in [0, 0.05) is 85.8 Å². The summed E-state index contributed by atoms with van der Waals surface area (Å²) in [6.45, 7) is 19.9. The van der Waals surface area contributed by atoms with Gasteiger partial charge in [-0.2, -0.15) is 0 Å². The van der Waals surface area contributed by atoms with Crippen LogP contribution in [0.2, 0.25) is 0 Å². The summed E-state index contributed by atoms with van der Waals surface area (Å²) in [5, 5.41) is 11.9. The van der Waals surface area contributed by atoms with Gasteiger partial charge in [0.15, 0.2) is 0 Å². The summed E-state index contributed by atoms with van der Waals surface area (Å²) < 4.78 is 14.5. The van der Waals surface area contributed by atoms with Crippen LogP contribution < -0.4 is 20.4 Å². The molecule has 3 aliphatic heterocycles. The number of para-hydroxylation sites is 3. The predicted octanol–water partition coefficient (Wildman–Crippen LogP) is 14.2. The van der Waals surface area contributed by atoms with E-state index in [9.17, 15) is 24.0 Å². The van der Waals surface area contributed by atoms with Crippen LogP contribution in [0.5, 0.6) is 0 Å². The van der Waals surface area contributed by atoms with Crippen molar-refractivity contribution < 1.29 is 33.4 Å². The maximum Gasteiger partial charge on any atom is 0.410 e. The van der Waals surface area contributed by atoms with Crippen LogP contribution >= 0.6 is 68.0 Å². The summed E-state index contributed by atoms with van der Waals surface area (Å²) in [7, 11) is 3.64. The maximum atomic E-state index is 12.6. The van der Waals surface area contributed by atoms with E-state index >= 15 is 0 Å². The summed E-state index contributed by atoms with van der Waals surface area (Å²) in [6, 6.07) is 24.3. The second kappa shape index (κ2) is 23.9. The number of hydrogen-bond acceptors (Lipinski definition) is 17. The van der Waals surface area contributed by atoms with E-state index in [2.05, 4.69) is 28.8 Å². The fourth-order valence-corrected chi connectivity index (χ4v) is 17.0. The molecule has 0 atom stereocenters. The highest BCUT2D eigenvalue weighted by atomic mass is 32.1. The van der Waals surface area contributed by atoms with Crippen molar-refractivity contribution in [1.82, 2.24) is 30.1 Å². The molecule has 12 rings (SSSR count). The molecule has 0 fully saturated rings. The lowest BCUT2D eigenvalue weighted by Crippen LogP contribution is -2.39. The molecule has 82 heavy (non-hydrogen) atoms.